The zero-order chi connectivity index (χ0) is 22.9. The van der Waals surface area contributed by atoms with Crippen LogP contribution in [-0.4, -0.2) is 68.1 Å². The highest BCUT2D eigenvalue weighted by Crippen LogP contribution is 2.28. The Morgan fingerprint density at radius 2 is 1.61 bits per heavy atom. The Bertz CT molecular complexity index is 1140. The molecular weight excluding hydrogens is 418 g/mol. The fourth-order valence-electron chi connectivity index (χ4n) is 4.61. The summed E-state index contributed by atoms with van der Waals surface area (Å²) in [5.74, 6) is 0.613. The average molecular weight is 450 g/mol. The molecule has 1 amide bonds. The van der Waals surface area contributed by atoms with Crippen LogP contribution in [0.1, 0.15) is 21.7 Å². The number of nitrogens with one attached hydrogen (secondary N) is 1. The zero-order valence-corrected chi connectivity index (χ0v) is 19.6. The van der Waals surface area contributed by atoms with Gasteiger partial charge in [-0.3, -0.25) is 4.79 Å². The maximum absolute atomic E-state index is 13.3. The predicted molar refractivity (Wildman–Crippen MR) is 131 cm³/mol. The van der Waals surface area contributed by atoms with Crippen molar-refractivity contribution in [1.29, 1.82) is 0 Å². The van der Waals surface area contributed by atoms with E-state index in [0.29, 0.717) is 32.1 Å². The lowest BCUT2D eigenvalue weighted by molar-refractivity contribution is 0.102. The number of hydrogen-bond donors (Lipinski definition) is 1. The van der Waals surface area contributed by atoms with E-state index in [1.54, 1.807) is 0 Å². The molecule has 8 heteroatoms. The number of aromatic nitrogens is 2. The first-order valence-corrected chi connectivity index (χ1v) is 11.6. The minimum Gasteiger partial charge on any atom is -0.378 e. The maximum atomic E-state index is 13.3. The summed E-state index contributed by atoms with van der Waals surface area (Å²) < 4.78 is 13.2. The molecule has 4 heterocycles. The Morgan fingerprint density at radius 3 is 2.30 bits per heavy atom. The number of nitrogens with zero attached hydrogens (tertiary/aromatic N) is 4. The minimum atomic E-state index is -0.204. The molecule has 0 saturated carbocycles. The van der Waals surface area contributed by atoms with Crippen LogP contribution in [0.3, 0.4) is 0 Å². The molecule has 0 aliphatic carbocycles. The Hall–Kier alpha value is -3.10. The van der Waals surface area contributed by atoms with Crippen molar-refractivity contribution in [2.24, 2.45) is 7.05 Å². The van der Waals surface area contributed by atoms with Gasteiger partial charge < -0.3 is 29.2 Å². The third-order valence-corrected chi connectivity index (χ3v) is 6.81. The largest absolute Gasteiger partial charge is 0.378 e. The van der Waals surface area contributed by atoms with Crippen LogP contribution in [0.25, 0.3) is 10.9 Å². The molecule has 8 nitrogen and oxygen atoms in total. The molecule has 2 saturated heterocycles. The number of anilines is 3. The first kappa shape index (κ1) is 21.7. The van der Waals surface area contributed by atoms with Crippen molar-refractivity contribution >= 4 is 34.0 Å². The SMILES string of the molecule is Cc1c(C)n(C)c2ccc(NC(=O)c3cc(N4CCOCC4)cc(N4CCOCC4)n3)cc12. The van der Waals surface area contributed by atoms with E-state index in [1.807, 2.05) is 18.2 Å². The lowest BCUT2D eigenvalue weighted by Gasteiger charge is -2.32. The average Bonchev–Trinajstić information content (AvgIpc) is 3.08. The van der Waals surface area contributed by atoms with Crippen molar-refractivity contribution < 1.29 is 14.3 Å². The summed E-state index contributed by atoms with van der Waals surface area (Å²) in [6.07, 6.45) is 0. The van der Waals surface area contributed by atoms with Crippen molar-refractivity contribution in [2.45, 2.75) is 13.8 Å². The van der Waals surface area contributed by atoms with E-state index in [1.165, 1.54) is 11.3 Å². The van der Waals surface area contributed by atoms with Crippen LogP contribution in [0, 0.1) is 13.8 Å². The monoisotopic (exact) mass is 449 g/mol. The third kappa shape index (κ3) is 4.28. The summed E-state index contributed by atoms with van der Waals surface area (Å²) in [5.41, 5.74) is 5.80. The van der Waals surface area contributed by atoms with E-state index in [9.17, 15) is 4.79 Å². The van der Waals surface area contributed by atoms with Gasteiger partial charge in [0.2, 0.25) is 0 Å². The summed E-state index contributed by atoms with van der Waals surface area (Å²) in [4.78, 5) is 22.5. The lowest BCUT2D eigenvalue weighted by atomic mass is 10.1. The van der Waals surface area contributed by atoms with Gasteiger partial charge in [-0.15, -0.1) is 0 Å². The van der Waals surface area contributed by atoms with Crippen LogP contribution in [0.15, 0.2) is 30.3 Å². The molecule has 0 radical (unpaired) electrons. The van der Waals surface area contributed by atoms with Crippen LogP contribution >= 0.6 is 0 Å². The van der Waals surface area contributed by atoms with Gasteiger partial charge in [0.15, 0.2) is 0 Å². The Morgan fingerprint density at radius 1 is 0.939 bits per heavy atom. The van der Waals surface area contributed by atoms with E-state index < -0.39 is 0 Å². The standard InChI is InChI=1S/C25H31N5O3/c1-17-18(2)28(3)23-5-4-19(14-21(17)23)26-25(31)22-15-20(29-6-10-32-11-7-29)16-24(27-22)30-8-12-33-13-9-30/h4-5,14-16H,6-13H2,1-3H3,(H,26,31). The molecule has 1 N–H and O–H groups in total. The number of fused-ring (bicyclic) bond motifs is 1. The summed E-state index contributed by atoms with van der Waals surface area (Å²) in [6.45, 7) is 10.1. The van der Waals surface area contributed by atoms with Gasteiger partial charge in [0, 0.05) is 67.3 Å². The topological polar surface area (TPSA) is 71.9 Å². The second kappa shape index (κ2) is 9.03. The number of morpholine rings is 2. The number of carbonyl (C=O) groups is 1. The second-order valence-electron chi connectivity index (χ2n) is 8.72. The molecule has 0 bridgehead atoms. The van der Waals surface area contributed by atoms with Gasteiger partial charge in [0.05, 0.1) is 26.4 Å². The van der Waals surface area contributed by atoms with Gasteiger partial charge in [-0.05, 0) is 43.7 Å². The second-order valence-corrected chi connectivity index (χ2v) is 8.72. The summed E-state index contributed by atoms with van der Waals surface area (Å²) in [5, 5.41) is 4.22. The van der Waals surface area contributed by atoms with Gasteiger partial charge in [-0.25, -0.2) is 4.98 Å². The number of pyridine rings is 1. The molecule has 2 fully saturated rings. The number of rotatable bonds is 4. The number of ether oxygens (including phenoxy) is 2. The van der Waals surface area contributed by atoms with E-state index in [4.69, 9.17) is 14.5 Å². The Labute approximate surface area is 194 Å². The molecule has 2 aromatic heterocycles. The molecular formula is C25H31N5O3. The zero-order valence-electron chi connectivity index (χ0n) is 19.6. The molecule has 33 heavy (non-hydrogen) atoms. The summed E-state index contributed by atoms with van der Waals surface area (Å²) in [7, 11) is 2.07. The minimum absolute atomic E-state index is 0.204. The smallest absolute Gasteiger partial charge is 0.274 e. The van der Waals surface area contributed by atoms with Gasteiger partial charge in [0.1, 0.15) is 11.5 Å². The third-order valence-electron chi connectivity index (χ3n) is 6.81. The number of carbonyl (C=O) groups excluding carboxylic acids is 1. The van der Waals surface area contributed by atoms with Crippen molar-refractivity contribution in [3.63, 3.8) is 0 Å². The maximum Gasteiger partial charge on any atom is 0.274 e. The molecule has 2 aliphatic heterocycles. The van der Waals surface area contributed by atoms with Crippen molar-refractivity contribution in [3.05, 3.63) is 47.3 Å². The van der Waals surface area contributed by atoms with Crippen LogP contribution in [0.4, 0.5) is 17.2 Å². The molecule has 0 spiro atoms. The Kier molecular flexibility index (Phi) is 5.95. The fourth-order valence-corrected chi connectivity index (χ4v) is 4.61. The molecule has 1 aromatic carbocycles. The van der Waals surface area contributed by atoms with E-state index in [0.717, 1.165) is 54.3 Å². The number of hydrogen-bond acceptors (Lipinski definition) is 6. The van der Waals surface area contributed by atoms with E-state index >= 15 is 0 Å². The van der Waals surface area contributed by atoms with E-state index in [2.05, 4.69) is 52.7 Å². The lowest BCUT2D eigenvalue weighted by Crippen LogP contribution is -2.38. The van der Waals surface area contributed by atoms with Crippen molar-refractivity contribution in [1.82, 2.24) is 9.55 Å². The van der Waals surface area contributed by atoms with Crippen LogP contribution in [-0.2, 0) is 16.5 Å². The van der Waals surface area contributed by atoms with Gasteiger partial charge >= 0.3 is 0 Å². The quantitative estimate of drug-likeness (QED) is 0.660. The summed E-state index contributed by atoms with van der Waals surface area (Å²) >= 11 is 0. The molecule has 174 valence electrons. The molecule has 5 rings (SSSR count). The van der Waals surface area contributed by atoms with E-state index in [-0.39, 0.29) is 5.91 Å². The number of benzene rings is 1. The summed E-state index contributed by atoms with van der Waals surface area (Å²) in [6, 6.07) is 10.0. The molecule has 3 aromatic rings. The fraction of sp³-hybridized carbons (Fsp3) is 0.440. The first-order valence-electron chi connectivity index (χ1n) is 11.6. The van der Waals surface area contributed by atoms with Crippen molar-refractivity contribution in [2.75, 3.05) is 67.7 Å². The van der Waals surface area contributed by atoms with Gasteiger partial charge in [-0.2, -0.15) is 0 Å². The van der Waals surface area contributed by atoms with Crippen LogP contribution < -0.4 is 15.1 Å². The van der Waals surface area contributed by atoms with Gasteiger partial charge in [0.25, 0.3) is 5.91 Å². The molecule has 2 aliphatic rings. The normalized spacial score (nSPS) is 16.9. The highest BCUT2D eigenvalue weighted by molar-refractivity contribution is 6.05. The van der Waals surface area contributed by atoms with Gasteiger partial charge in [-0.1, -0.05) is 0 Å². The van der Waals surface area contributed by atoms with Crippen LogP contribution in [0.2, 0.25) is 0 Å². The number of amides is 1. The Balaban J connectivity index is 1.46. The highest BCUT2D eigenvalue weighted by Gasteiger charge is 2.21. The van der Waals surface area contributed by atoms with Crippen molar-refractivity contribution in [3.8, 4) is 0 Å². The predicted octanol–water partition coefficient (Wildman–Crippen LogP) is 3.12. The first-order chi connectivity index (χ1) is 16.0. The molecule has 0 atom stereocenters. The molecule has 0 unspecified atom stereocenters. The number of aryl methyl sites for hydroxylation is 2. The van der Waals surface area contributed by atoms with Crippen LogP contribution in [0.5, 0.6) is 0 Å². The highest BCUT2D eigenvalue weighted by atomic mass is 16.5.